The fraction of sp³-hybridized carbons (Fsp3) is 0.632. The maximum Gasteiger partial charge on any atom is 0.246 e. The summed E-state index contributed by atoms with van der Waals surface area (Å²) in [4.78, 5) is 12.4. The number of ether oxygens (including phenoxy) is 1. The largest absolute Gasteiger partial charge is 0.492 e. The number of sulfonamides is 1. The molecule has 27 heavy (non-hydrogen) atoms. The van der Waals surface area contributed by atoms with E-state index in [2.05, 4.69) is 5.32 Å². The van der Waals surface area contributed by atoms with Gasteiger partial charge >= 0.3 is 0 Å². The molecule has 1 aromatic carbocycles. The number of thioether (sulfide) groups is 1. The van der Waals surface area contributed by atoms with Crippen LogP contribution in [0.1, 0.15) is 45.4 Å². The normalized spacial score (nSPS) is 18.7. The molecule has 0 unspecified atom stereocenters. The molecule has 0 atom stereocenters. The van der Waals surface area contributed by atoms with Crippen molar-refractivity contribution >= 4 is 33.4 Å². The Labute approximate surface area is 166 Å². The van der Waals surface area contributed by atoms with Crippen molar-refractivity contribution in [2.45, 2.75) is 55.6 Å². The Morgan fingerprint density at radius 2 is 1.93 bits per heavy atom. The number of benzene rings is 1. The Morgan fingerprint density at radius 3 is 2.59 bits per heavy atom. The quantitative estimate of drug-likeness (QED) is 0.707. The zero-order chi connectivity index (χ0) is 19.3. The van der Waals surface area contributed by atoms with Crippen molar-refractivity contribution in [3.05, 3.63) is 18.2 Å². The van der Waals surface area contributed by atoms with Crippen molar-refractivity contribution in [1.82, 2.24) is 4.31 Å². The van der Waals surface area contributed by atoms with Crippen molar-refractivity contribution in [2.75, 3.05) is 30.8 Å². The van der Waals surface area contributed by atoms with Crippen LogP contribution in [0.3, 0.4) is 0 Å². The average molecular weight is 413 g/mol. The Morgan fingerprint density at radius 1 is 1.22 bits per heavy atom. The molecule has 1 N–H and O–H groups in total. The summed E-state index contributed by atoms with van der Waals surface area (Å²) in [5.41, 5.74) is 0.494. The van der Waals surface area contributed by atoms with Crippen LogP contribution in [0.5, 0.6) is 5.75 Å². The molecule has 8 heteroatoms. The second-order valence-electron chi connectivity index (χ2n) is 6.97. The minimum atomic E-state index is -3.62. The number of hydrogen-bond acceptors (Lipinski definition) is 5. The van der Waals surface area contributed by atoms with Gasteiger partial charge in [-0.2, -0.15) is 4.31 Å². The predicted molar refractivity (Wildman–Crippen MR) is 109 cm³/mol. The van der Waals surface area contributed by atoms with Crippen LogP contribution in [0.25, 0.3) is 0 Å². The first-order valence-corrected chi connectivity index (χ1v) is 12.2. The van der Waals surface area contributed by atoms with E-state index in [1.165, 1.54) is 36.1 Å². The van der Waals surface area contributed by atoms with Gasteiger partial charge in [0.1, 0.15) is 10.6 Å². The van der Waals surface area contributed by atoms with Crippen molar-refractivity contribution in [3.8, 4) is 5.75 Å². The molecule has 2 fully saturated rings. The Balaban J connectivity index is 1.73. The molecule has 1 aliphatic carbocycles. The van der Waals surface area contributed by atoms with Gasteiger partial charge in [0.2, 0.25) is 15.9 Å². The number of carbonyl (C=O) groups excluding carboxylic acids is 1. The first kappa shape index (κ1) is 20.5. The van der Waals surface area contributed by atoms with Crippen LogP contribution in [0.15, 0.2) is 23.1 Å². The smallest absolute Gasteiger partial charge is 0.246 e. The Bertz CT molecular complexity index is 755. The monoisotopic (exact) mass is 412 g/mol. The minimum Gasteiger partial charge on any atom is -0.492 e. The lowest BCUT2D eigenvalue weighted by Gasteiger charge is -2.19. The van der Waals surface area contributed by atoms with E-state index in [1.807, 2.05) is 6.92 Å². The summed E-state index contributed by atoms with van der Waals surface area (Å²) < 4.78 is 33.0. The number of carbonyl (C=O) groups is 1. The molecule has 3 rings (SSSR count). The molecule has 1 saturated heterocycles. The second kappa shape index (κ2) is 9.30. The molecule has 0 bridgehead atoms. The predicted octanol–water partition coefficient (Wildman–Crippen LogP) is 3.48. The molecular formula is C19H28N2O4S2. The summed E-state index contributed by atoms with van der Waals surface area (Å²) in [7, 11) is -3.62. The lowest BCUT2D eigenvalue weighted by atomic mass is 10.3. The first-order chi connectivity index (χ1) is 13.0. The van der Waals surface area contributed by atoms with Gasteiger partial charge < -0.3 is 10.1 Å². The van der Waals surface area contributed by atoms with E-state index < -0.39 is 10.0 Å². The number of hydrogen-bond donors (Lipinski definition) is 1. The molecule has 1 saturated carbocycles. The molecule has 0 spiro atoms. The summed E-state index contributed by atoms with van der Waals surface area (Å²) in [5, 5.41) is 3.41. The van der Waals surface area contributed by atoms with E-state index in [9.17, 15) is 13.2 Å². The van der Waals surface area contributed by atoms with Gasteiger partial charge in [0, 0.05) is 24.0 Å². The summed E-state index contributed by atoms with van der Waals surface area (Å²) in [6, 6.07) is 4.86. The van der Waals surface area contributed by atoms with E-state index in [-0.39, 0.29) is 10.8 Å². The van der Waals surface area contributed by atoms with E-state index in [0.29, 0.717) is 42.1 Å². The highest BCUT2D eigenvalue weighted by molar-refractivity contribution is 8.00. The summed E-state index contributed by atoms with van der Waals surface area (Å²) >= 11 is 1.69. The average Bonchev–Trinajstić information content (AvgIpc) is 3.35. The third kappa shape index (κ3) is 5.18. The van der Waals surface area contributed by atoms with Crippen LogP contribution in [0.4, 0.5) is 5.69 Å². The van der Waals surface area contributed by atoms with E-state index in [1.54, 1.807) is 23.9 Å². The van der Waals surface area contributed by atoms with Gasteiger partial charge in [-0.15, -0.1) is 11.8 Å². The van der Waals surface area contributed by atoms with Gasteiger partial charge in [-0.25, -0.2) is 8.42 Å². The van der Waals surface area contributed by atoms with Gasteiger partial charge in [0.25, 0.3) is 0 Å². The number of nitrogens with zero attached hydrogens (tertiary/aromatic N) is 1. The molecule has 1 heterocycles. The van der Waals surface area contributed by atoms with Crippen molar-refractivity contribution in [2.24, 2.45) is 0 Å². The van der Waals surface area contributed by atoms with Gasteiger partial charge in [0.05, 0.1) is 12.4 Å². The van der Waals surface area contributed by atoms with Gasteiger partial charge in [0.15, 0.2) is 0 Å². The Kier molecular flexibility index (Phi) is 7.05. The fourth-order valence-electron chi connectivity index (χ4n) is 3.58. The zero-order valence-corrected chi connectivity index (χ0v) is 17.4. The highest BCUT2D eigenvalue weighted by atomic mass is 32.2. The summed E-state index contributed by atoms with van der Waals surface area (Å²) in [5.74, 6) is 0.634. The molecule has 1 aromatic rings. The summed E-state index contributed by atoms with van der Waals surface area (Å²) in [6.07, 6.45) is 6.60. The van der Waals surface area contributed by atoms with Gasteiger partial charge in [-0.1, -0.05) is 12.8 Å². The maximum atomic E-state index is 13.0. The molecule has 1 aliphatic heterocycles. The lowest BCUT2D eigenvalue weighted by Crippen LogP contribution is -2.28. The van der Waals surface area contributed by atoms with Gasteiger partial charge in [-0.3, -0.25) is 4.79 Å². The van der Waals surface area contributed by atoms with Crippen LogP contribution in [-0.4, -0.2) is 49.3 Å². The number of amides is 1. The van der Waals surface area contributed by atoms with Crippen LogP contribution >= 0.6 is 11.8 Å². The third-order valence-corrected chi connectivity index (χ3v) is 8.25. The highest BCUT2D eigenvalue weighted by Crippen LogP contribution is 2.32. The van der Waals surface area contributed by atoms with Crippen LogP contribution in [-0.2, 0) is 14.8 Å². The zero-order valence-electron chi connectivity index (χ0n) is 15.8. The molecule has 1 amide bonds. The Hall–Kier alpha value is -1.25. The molecule has 2 aliphatic rings. The van der Waals surface area contributed by atoms with E-state index in [4.69, 9.17) is 4.74 Å². The fourth-order valence-corrected chi connectivity index (χ4v) is 6.38. The maximum absolute atomic E-state index is 13.0. The highest BCUT2D eigenvalue weighted by Gasteiger charge is 2.30. The number of rotatable bonds is 8. The molecule has 150 valence electrons. The van der Waals surface area contributed by atoms with Crippen molar-refractivity contribution < 1.29 is 17.9 Å². The SMILES string of the molecule is CCOc1ccc(NC(=O)CSC2CCCC2)cc1S(=O)(=O)N1CCCC1. The molecule has 0 aromatic heterocycles. The minimum absolute atomic E-state index is 0.0967. The van der Waals surface area contributed by atoms with Crippen molar-refractivity contribution in [1.29, 1.82) is 0 Å². The van der Waals surface area contributed by atoms with E-state index >= 15 is 0 Å². The van der Waals surface area contributed by atoms with Crippen LogP contribution in [0.2, 0.25) is 0 Å². The lowest BCUT2D eigenvalue weighted by molar-refractivity contribution is -0.113. The molecule has 6 nitrogen and oxygen atoms in total. The topological polar surface area (TPSA) is 75.7 Å². The van der Waals surface area contributed by atoms with Crippen LogP contribution in [0, 0.1) is 0 Å². The third-order valence-electron chi connectivity index (χ3n) is 4.96. The first-order valence-electron chi connectivity index (χ1n) is 9.69. The molecular weight excluding hydrogens is 384 g/mol. The number of nitrogens with one attached hydrogen (secondary N) is 1. The standard InChI is InChI=1S/C19H28N2O4S2/c1-2-25-17-10-9-15(20-19(22)14-26-16-7-3-4-8-16)13-18(17)27(23,24)21-11-5-6-12-21/h9-10,13,16H,2-8,11-12,14H2,1H3,(H,20,22). The van der Waals surface area contributed by atoms with Crippen molar-refractivity contribution in [3.63, 3.8) is 0 Å². The molecule has 0 radical (unpaired) electrons. The van der Waals surface area contributed by atoms with Gasteiger partial charge in [-0.05, 0) is 50.8 Å². The summed E-state index contributed by atoms with van der Waals surface area (Å²) in [6.45, 7) is 3.26. The van der Waals surface area contributed by atoms with Crippen LogP contribution < -0.4 is 10.1 Å². The van der Waals surface area contributed by atoms with E-state index in [0.717, 1.165) is 12.8 Å². The number of anilines is 1. The second-order valence-corrected chi connectivity index (χ2v) is 10.2.